The molecular weight excluding hydrogens is 364 g/mol. The maximum atomic E-state index is 12.1. The number of pyridine rings is 1. The number of nitrogen functional groups attached to an aromatic ring is 1. The van der Waals surface area contributed by atoms with Crippen molar-refractivity contribution in [3.8, 4) is 12.1 Å². The number of ether oxygens (including phenoxy) is 2. The molecule has 1 aromatic heterocycles. The van der Waals surface area contributed by atoms with Crippen molar-refractivity contribution in [3.63, 3.8) is 0 Å². The van der Waals surface area contributed by atoms with Gasteiger partial charge in [-0.05, 0) is 20.1 Å². The van der Waals surface area contributed by atoms with E-state index >= 15 is 0 Å². The second-order valence-electron chi connectivity index (χ2n) is 4.31. The molecule has 0 aliphatic carbocycles. The molecule has 1 heterocycles. The van der Waals surface area contributed by atoms with E-state index in [4.69, 9.17) is 15.2 Å². The summed E-state index contributed by atoms with van der Waals surface area (Å²) in [5.41, 5.74) is 5.93. The van der Waals surface area contributed by atoms with Crippen LogP contribution in [0, 0.1) is 22.7 Å². The third-order valence-corrected chi connectivity index (χ3v) is 4.76. The van der Waals surface area contributed by atoms with Gasteiger partial charge in [0.25, 0.3) is 0 Å². The summed E-state index contributed by atoms with van der Waals surface area (Å²) in [6.07, 6.45) is 1.68. The second-order valence-corrected chi connectivity index (χ2v) is 6.22. The van der Waals surface area contributed by atoms with Crippen molar-refractivity contribution in [1.82, 2.24) is 4.98 Å². The first-order chi connectivity index (χ1) is 11.9. The van der Waals surface area contributed by atoms with E-state index in [1.165, 1.54) is 0 Å². The lowest BCUT2D eigenvalue weighted by Crippen LogP contribution is -2.31. The number of nitrogens with two attached hydrogens (primary N) is 1. The summed E-state index contributed by atoms with van der Waals surface area (Å²) in [6.45, 7) is 3.38. The first-order valence-corrected chi connectivity index (χ1v) is 9.23. The minimum atomic E-state index is -1.35. The van der Waals surface area contributed by atoms with Gasteiger partial charge >= 0.3 is 11.9 Å². The number of anilines is 1. The Morgan fingerprint density at radius 1 is 1.16 bits per heavy atom. The van der Waals surface area contributed by atoms with Crippen LogP contribution in [-0.4, -0.2) is 41.6 Å². The molecule has 0 bridgehead atoms. The van der Waals surface area contributed by atoms with Crippen molar-refractivity contribution < 1.29 is 19.1 Å². The lowest BCUT2D eigenvalue weighted by atomic mass is 10.2. The fourth-order valence-electron chi connectivity index (χ4n) is 1.80. The monoisotopic (exact) mass is 380 g/mol. The van der Waals surface area contributed by atoms with Gasteiger partial charge in [0.1, 0.15) is 28.5 Å². The third kappa shape index (κ3) is 4.78. The van der Waals surface area contributed by atoms with Gasteiger partial charge in [-0.2, -0.15) is 10.5 Å². The van der Waals surface area contributed by atoms with Crippen LogP contribution >= 0.6 is 23.5 Å². The quantitative estimate of drug-likeness (QED) is 0.422. The van der Waals surface area contributed by atoms with Crippen LogP contribution in [0.5, 0.6) is 0 Å². The summed E-state index contributed by atoms with van der Waals surface area (Å²) in [5.74, 6) is -1.68. The van der Waals surface area contributed by atoms with Crippen LogP contribution in [-0.2, 0) is 19.1 Å². The Kier molecular flexibility index (Phi) is 8.05. The minimum absolute atomic E-state index is 0.0643. The maximum Gasteiger partial charge on any atom is 0.331 e. The van der Waals surface area contributed by atoms with Gasteiger partial charge in [0, 0.05) is 4.90 Å². The number of aromatic nitrogens is 1. The second kappa shape index (κ2) is 9.77. The highest BCUT2D eigenvalue weighted by molar-refractivity contribution is 8.01. The zero-order chi connectivity index (χ0) is 19.0. The summed E-state index contributed by atoms with van der Waals surface area (Å²) in [5, 5.41) is 17.3. The van der Waals surface area contributed by atoms with Gasteiger partial charge in [-0.3, -0.25) is 9.59 Å². The predicted octanol–water partition coefficient (Wildman–Crippen LogP) is 1.72. The zero-order valence-corrected chi connectivity index (χ0v) is 15.5. The molecule has 1 rings (SSSR count). The maximum absolute atomic E-state index is 12.1. The number of thioether (sulfide) groups is 2. The van der Waals surface area contributed by atoms with E-state index in [0.29, 0.717) is 16.7 Å². The number of rotatable bonds is 7. The topological polar surface area (TPSA) is 139 Å². The van der Waals surface area contributed by atoms with E-state index in [-0.39, 0.29) is 35.2 Å². The Hall–Kier alpha value is -2.43. The predicted molar refractivity (Wildman–Crippen MR) is 92.8 cm³/mol. The van der Waals surface area contributed by atoms with Gasteiger partial charge in [-0.15, -0.1) is 11.8 Å². The van der Waals surface area contributed by atoms with Gasteiger partial charge < -0.3 is 15.2 Å². The average Bonchev–Trinajstić information content (AvgIpc) is 2.59. The third-order valence-electron chi connectivity index (χ3n) is 2.80. The molecule has 0 saturated carbocycles. The molecule has 25 heavy (non-hydrogen) atoms. The van der Waals surface area contributed by atoms with E-state index in [0.717, 1.165) is 11.8 Å². The van der Waals surface area contributed by atoms with E-state index in [9.17, 15) is 20.1 Å². The Balaban J connectivity index is 3.40. The molecular formula is C15H16N4O4S2. The van der Waals surface area contributed by atoms with Crippen molar-refractivity contribution >= 4 is 41.3 Å². The minimum Gasteiger partial charge on any atom is -0.465 e. The summed E-state index contributed by atoms with van der Waals surface area (Å²) >= 11 is 1.87. The highest BCUT2D eigenvalue weighted by Gasteiger charge is 2.33. The molecule has 132 valence electrons. The molecule has 0 radical (unpaired) electrons. The van der Waals surface area contributed by atoms with E-state index in [1.807, 2.05) is 12.1 Å². The summed E-state index contributed by atoms with van der Waals surface area (Å²) < 4.78 is 9.78. The number of carbonyl (C=O) groups is 2. The molecule has 10 heteroatoms. The SMILES string of the molecule is CCOC(=O)C(Sc1nc(N)c(C#N)c(SC)c1C#N)C(=O)OCC. The average molecular weight is 380 g/mol. The molecule has 0 aliphatic heterocycles. The molecule has 8 nitrogen and oxygen atoms in total. The first kappa shape index (κ1) is 20.6. The summed E-state index contributed by atoms with van der Waals surface area (Å²) in [6, 6.07) is 3.85. The van der Waals surface area contributed by atoms with Gasteiger partial charge in [-0.1, -0.05) is 11.8 Å². The fourth-order valence-corrected chi connectivity index (χ4v) is 3.53. The van der Waals surface area contributed by atoms with E-state index in [1.54, 1.807) is 20.1 Å². The van der Waals surface area contributed by atoms with Crippen LogP contribution in [0.2, 0.25) is 0 Å². The van der Waals surface area contributed by atoms with Crippen molar-refractivity contribution in [3.05, 3.63) is 11.1 Å². The molecule has 0 fully saturated rings. The molecule has 1 aromatic rings. The number of esters is 2. The molecule has 2 N–H and O–H groups in total. The van der Waals surface area contributed by atoms with Gasteiger partial charge in [-0.25, -0.2) is 4.98 Å². The number of hydrogen-bond acceptors (Lipinski definition) is 10. The Labute approximate surface area is 153 Å². The Morgan fingerprint density at radius 3 is 2.08 bits per heavy atom. The molecule has 0 atom stereocenters. The summed E-state index contributed by atoms with van der Waals surface area (Å²) in [4.78, 5) is 28.5. The van der Waals surface area contributed by atoms with Crippen LogP contribution in [0.3, 0.4) is 0 Å². The lowest BCUT2D eigenvalue weighted by Gasteiger charge is -2.16. The van der Waals surface area contributed by atoms with Gasteiger partial charge in [0.15, 0.2) is 0 Å². The molecule has 0 amide bonds. The molecule has 0 aliphatic rings. The lowest BCUT2D eigenvalue weighted by molar-refractivity contribution is -0.152. The van der Waals surface area contributed by atoms with Crippen molar-refractivity contribution in [1.29, 1.82) is 10.5 Å². The standard InChI is InChI=1S/C15H16N4O4S2/c1-4-22-14(20)11(15(21)23-5-2)25-13-9(7-17)10(24-3)8(6-16)12(18)19-13/h11H,4-5H2,1-3H3,(H2,18,19). The molecule has 0 saturated heterocycles. The molecule has 0 spiro atoms. The highest BCUT2D eigenvalue weighted by Crippen LogP contribution is 2.36. The number of carbonyl (C=O) groups excluding carboxylic acids is 2. The zero-order valence-electron chi connectivity index (χ0n) is 13.9. The highest BCUT2D eigenvalue weighted by atomic mass is 32.2. The van der Waals surface area contributed by atoms with Crippen LogP contribution in [0.25, 0.3) is 0 Å². The van der Waals surface area contributed by atoms with Gasteiger partial charge in [0.05, 0.1) is 18.8 Å². The van der Waals surface area contributed by atoms with Crippen LogP contribution in [0.4, 0.5) is 5.82 Å². The smallest absolute Gasteiger partial charge is 0.331 e. The number of nitriles is 2. The van der Waals surface area contributed by atoms with Crippen LogP contribution < -0.4 is 5.73 Å². The number of hydrogen-bond donors (Lipinski definition) is 1. The Morgan fingerprint density at radius 2 is 1.68 bits per heavy atom. The van der Waals surface area contributed by atoms with Crippen molar-refractivity contribution in [2.75, 3.05) is 25.2 Å². The largest absolute Gasteiger partial charge is 0.465 e. The molecule has 0 aromatic carbocycles. The molecule has 0 unspecified atom stereocenters. The van der Waals surface area contributed by atoms with Crippen molar-refractivity contribution in [2.24, 2.45) is 0 Å². The number of nitrogens with zero attached hydrogens (tertiary/aromatic N) is 3. The van der Waals surface area contributed by atoms with E-state index < -0.39 is 17.2 Å². The van der Waals surface area contributed by atoms with Crippen LogP contribution in [0.15, 0.2) is 9.92 Å². The normalized spacial score (nSPS) is 10.0. The fraction of sp³-hybridized carbons (Fsp3) is 0.400. The van der Waals surface area contributed by atoms with Gasteiger partial charge in [0.2, 0.25) is 5.25 Å². The Bertz CT molecular complexity index is 737. The van der Waals surface area contributed by atoms with Crippen molar-refractivity contribution in [2.45, 2.75) is 29.0 Å². The van der Waals surface area contributed by atoms with E-state index in [2.05, 4.69) is 4.98 Å². The first-order valence-electron chi connectivity index (χ1n) is 7.12. The van der Waals surface area contributed by atoms with Crippen LogP contribution in [0.1, 0.15) is 25.0 Å². The summed E-state index contributed by atoms with van der Waals surface area (Å²) in [7, 11) is 0.